The summed E-state index contributed by atoms with van der Waals surface area (Å²) in [5.41, 5.74) is 2.00. The number of halogens is 1. The third-order valence-electron chi connectivity index (χ3n) is 3.02. The van der Waals surface area contributed by atoms with Crippen molar-refractivity contribution in [2.45, 2.75) is 59.7 Å². The summed E-state index contributed by atoms with van der Waals surface area (Å²) in [4.78, 5) is 0. The minimum atomic E-state index is 0.245. The highest BCUT2D eigenvalue weighted by Gasteiger charge is 2.18. The fourth-order valence-electron chi connectivity index (χ4n) is 2.08. The maximum atomic E-state index is 6.35. The van der Waals surface area contributed by atoms with E-state index in [1.807, 2.05) is 11.6 Å². The number of aryl methyl sites for hydroxylation is 2. The molecule has 0 spiro atoms. The first-order valence-corrected chi connectivity index (χ1v) is 7.44. The van der Waals surface area contributed by atoms with Gasteiger partial charge in [0, 0.05) is 19.0 Å². The molecule has 0 aliphatic rings. The molecule has 1 unspecified atom stereocenters. The maximum absolute atomic E-state index is 6.35. The predicted molar refractivity (Wildman–Crippen MR) is 79.9 cm³/mol. The lowest BCUT2D eigenvalue weighted by Gasteiger charge is -2.20. The summed E-state index contributed by atoms with van der Waals surface area (Å²) in [6.45, 7) is 12.7. The van der Waals surface area contributed by atoms with Crippen LogP contribution in [0.15, 0.2) is 0 Å². The van der Waals surface area contributed by atoms with Crippen LogP contribution in [-0.2, 0) is 17.7 Å². The summed E-state index contributed by atoms with van der Waals surface area (Å²) in [5, 5.41) is 8.69. The van der Waals surface area contributed by atoms with Gasteiger partial charge in [0.2, 0.25) is 0 Å². The Hall–Kier alpha value is -0.580. The van der Waals surface area contributed by atoms with Crippen LogP contribution >= 0.6 is 11.6 Å². The van der Waals surface area contributed by atoms with Crippen LogP contribution in [0.3, 0.4) is 0 Å². The van der Waals surface area contributed by atoms with Gasteiger partial charge in [0.05, 0.1) is 29.1 Å². The van der Waals surface area contributed by atoms with Crippen molar-refractivity contribution in [3.05, 3.63) is 16.4 Å². The molecule has 110 valence electrons. The van der Waals surface area contributed by atoms with Crippen molar-refractivity contribution in [1.82, 2.24) is 15.1 Å². The van der Waals surface area contributed by atoms with Gasteiger partial charge < -0.3 is 10.1 Å². The molecule has 1 heterocycles. The number of ether oxygens (including phenoxy) is 1. The molecular weight excluding hydrogens is 262 g/mol. The monoisotopic (exact) mass is 287 g/mol. The van der Waals surface area contributed by atoms with Gasteiger partial charge in [-0.25, -0.2) is 0 Å². The number of rotatable bonds is 8. The molecule has 4 nitrogen and oxygen atoms in total. The SMILES string of the molecule is CCNC(COC(C)C)Cc1c(Cl)c(C)nn1CC. The third-order valence-corrected chi connectivity index (χ3v) is 3.51. The Morgan fingerprint density at radius 3 is 2.58 bits per heavy atom. The van der Waals surface area contributed by atoms with E-state index in [-0.39, 0.29) is 12.1 Å². The van der Waals surface area contributed by atoms with Gasteiger partial charge in [-0.2, -0.15) is 5.10 Å². The minimum absolute atomic E-state index is 0.245. The van der Waals surface area contributed by atoms with Gasteiger partial charge in [-0.15, -0.1) is 0 Å². The molecule has 0 radical (unpaired) electrons. The zero-order valence-electron chi connectivity index (χ0n) is 12.7. The number of hydrogen-bond donors (Lipinski definition) is 1. The largest absolute Gasteiger partial charge is 0.377 e. The summed E-state index contributed by atoms with van der Waals surface area (Å²) in [6.07, 6.45) is 1.09. The molecule has 0 fully saturated rings. The van der Waals surface area contributed by atoms with Crippen LogP contribution in [0.25, 0.3) is 0 Å². The van der Waals surface area contributed by atoms with E-state index in [1.165, 1.54) is 0 Å². The van der Waals surface area contributed by atoms with Crippen LogP contribution < -0.4 is 5.32 Å². The highest BCUT2D eigenvalue weighted by molar-refractivity contribution is 6.31. The molecule has 0 amide bonds. The highest BCUT2D eigenvalue weighted by atomic mass is 35.5. The van der Waals surface area contributed by atoms with Crippen LogP contribution in [0.1, 0.15) is 39.1 Å². The molecule has 0 saturated carbocycles. The highest BCUT2D eigenvalue weighted by Crippen LogP contribution is 2.21. The lowest BCUT2D eigenvalue weighted by molar-refractivity contribution is 0.0612. The summed E-state index contributed by atoms with van der Waals surface area (Å²) in [7, 11) is 0. The molecule has 1 aromatic rings. The number of nitrogens with zero attached hydrogens (tertiary/aromatic N) is 2. The Balaban J connectivity index is 2.77. The van der Waals surface area contributed by atoms with Crippen molar-refractivity contribution < 1.29 is 4.74 Å². The molecule has 1 aromatic heterocycles. The van der Waals surface area contributed by atoms with Crippen LogP contribution in [-0.4, -0.2) is 35.1 Å². The minimum Gasteiger partial charge on any atom is -0.377 e. The maximum Gasteiger partial charge on any atom is 0.0847 e. The second-order valence-electron chi connectivity index (χ2n) is 5.00. The predicted octanol–water partition coefficient (Wildman–Crippen LogP) is 2.81. The molecule has 0 aliphatic carbocycles. The number of nitrogens with one attached hydrogen (secondary N) is 1. The Morgan fingerprint density at radius 1 is 1.37 bits per heavy atom. The van der Waals surface area contributed by atoms with Crippen molar-refractivity contribution in [2.24, 2.45) is 0 Å². The van der Waals surface area contributed by atoms with Gasteiger partial charge in [0.25, 0.3) is 0 Å². The topological polar surface area (TPSA) is 39.1 Å². The molecule has 1 rings (SSSR count). The van der Waals surface area contributed by atoms with Crippen molar-refractivity contribution in [3.8, 4) is 0 Å². The van der Waals surface area contributed by atoms with Crippen LogP contribution in [0.2, 0.25) is 5.02 Å². The molecule has 0 saturated heterocycles. The molecule has 0 aliphatic heterocycles. The van der Waals surface area contributed by atoms with Gasteiger partial charge >= 0.3 is 0 Å². The quantitative estimate of drug-likeness (QED) is 0.799. The molecule has 0 bridgehead atoms. The Kier molecular flexibility index (Phi) is 6.83. The molecule has 5 heteroatoms. The Morgan fingerprint density at radius 2 is 2.05 bits per heavy atom. The lowest BCUT2D eigenvalue weighted by Crippen LogP contribution is -2.36. The summed E-state index contributed by atoms with van der Waals surface area (Å²) in [5.74, 6) is 0. The van der Waals surface area contributed by atoms with Crippen molar-refractivity contribution in [3.63, 3.8) is 0 Å². The second kappa shape index (κ2) is 7.88. The summed E-state index contributed by atoms with van der Waals surface area (Å²) in [6, 6.07) is 0.270. The number of aromatic nitrogens is 2. The molecule has 1 N–H and O–H groups in total. The fraction of sp³-hybridized carbons (Fsp3) is 0.786. The zero-order valence-corrected chi connectivity index (χ0v) is 13.4. The molecule has 19 heavy (non-hydrogen) atoms. The first-order chi connectivity index (χ1) is 8.99. The van der Waals surface area contributed by atoms with Crippen molar-refractivity contribution in [1.29, 1.82) is 0 Å². The van der Waals surface area contributed by atoms with E-state index < -0.39 is 0 Å². The van der Waals surface area contributed by atoms with Gasteiger partial charge in [-0.05, 0) is 34.2 Å². The van der Waals surface area contributed by atoms with Crippen LogP contribution in [0, 0.1) is 6.92 Å². The van der Waals surface area contributed by atoms with Gasteiger partial charge in [0.15, 0.2) is 0 Å². The molecule has 1 atom stereocenters. The van der Waals surface area contributed by atoms with E-state index in [0.29, 0.717) is 6.61 Å². The van der Waals surface area contributed by atoms with E-state index in [1.54, 1.807) is 0 Å². The van der Waals surface area contributed by atoms with Crippen LogP contribution in [0.4, 0.5) is 0 Å². The van der Waals surface area contributed by atoms with Crippen molar-refractivity contribution >= 4 is 11.6 Å². The standard InChI is InChI=1S/C14H26ClN3O/c1-6-16-12(9-19-10(3)4)8-13-14(15)11(5)17-18(13)7-2/h10,12,16H,6-9H2,1-5H3. The average molecular weight is 288 g/mol. The molecular formula is C14H26ClN3O. The third kappa shape index (κ3) is 4.79. The average Bonchev–Trinajstić information content (AvgIpc) is 2.63. The molecule has 0 aromatic carbocycles. The van der Waals surface area contributed by atoms with Gasteiger partial charge in [0.1, 0.15) is 0 Å². The number of hydrogen-bond acceptors (Lipinski definition) is 3. The smallest absolute Gasteiger partial charge is 0.0847 e. The lowest BCUT2D eigenvalue weighted by atomic mass is 10.1. The van der Waals surface area contributed by atoms with E-state index in [4.69, 9.17) is 16.3 Å². The van der Waals surface area contributed by atoms with E-state index >= 15 is 0 Å². The summed E-state index contributed by atoms with van der Waals surface area (Å²) >= 11 is 6.35. The van der Waals surface area contributed by atoms with E-state index in [0.717, 1.165) is 35.9 Å². The zero-order chi connectivity index (χ0) is 14.4. The van der Waals surface area contributed by atoms with Crippen LogP contribution in [0.5, 0.6) is 0 Å². The first kappa shape index (κ1) is 16.5. The Bertz CT molecular complexity index is 390. The van der Waals surface area contributed by atoms with E-state index in [9.17, 15) is 0 Å². The van der Waals surface area contributed by atoms with Crippen molar-refractivity contribution in [2.75, 3.05) is 13.2 Å². The summed E-state index contributed by atoms with van der Waals surface area (Å²) < 4.78 is 7.70. The van der Waals surface area contributed by atoms with E-state index in [2.05, 4.69) is 38.1 Å². The Labute approximate surface area is 121 Å². The second-order valence-corrected chi connectivity index (χ2v) is 5.38. The normalized spacial score (nSPS) is 13.2. The van der Waals surface area contributed by atoms with Gasteiger partial charge in [-0.3, -0.25) is 4.68 Å². The number of likely N-dealkylation sites (N-methyl/N-ethyl adjacent to an activating group) is 1. The first-order valence-electron chi connectivity index (χ1n) is 7.06. The fourth-order valence-corrected chi connectivity index (χ4v) is 2.30. The van der Waals surface area contributed by atoms with Gasteiger partial charge in [-0.1, -0.05) is 18.5 Å².